The minimum atomic E-state index is 0.0373. The lowest BCUT2D eigenvalue weighted by Crippen LogP contribution is -1.96. The molecule has 17 heavy (non-hydrogen) atoms. The van der Waals surface area contributed by atoms with Gasteiger partial charge in [-0.3, -0.25) is 0 Å². The van der Waals surface area contributed by atoms with Gasteiger partial charge in [-0.15, -0.1) is 5.10 Å². The van der Waals surface area contributed by atoms with Crippen LogP contribution < -0.4 is 15.2 Å². The second-order valence-corrected chi connectivity index (χ2v) is 3.23. The number of anilines is 1. The van der Waals surface area contributed by atoms with Gasteiger partial charge in [-0.2, -0.15) is 0 Å². The number of nitrogens with two attached hydrogens (primary N) is 1. The zero-order chi connectivity index (χ0) is 12.1. The van der Waals surface area contributed by atoms with E-state index in [0.717, 1.165) is 5.75 Å². The summed E-state index contributed by atoms with van der Waals surface area (Å²) in [7, 11) is 0. The number of rotatable bonds is 5. The molecule has 0 aliphatic heterocycles. The van der Waals surface area contributed by atoms with Crippen molar-refractivity contribution in [2.75, 3.05) is 12.3 Å². The highest BCUT2D eigenvalue weighted by atomic mass is 16.5. The molecule has 0 bridgehead atoms. The van der Waals surface area contributed by atoms with E-state index in [-0.39, 0.29) is 12.6 Å². The molecule has 0 spiro atoms. The molecular formula is C11H13N3O3. The first-order valence-corrected chi connectivity index (χ1v) is 5.21. The number of nitrogens with zero attached hydrogens (tertiary/aromatic N) is 2. The highest BCUT2D eigenvalue weighted by Crippen LogP contribution is 2.18. The van der Waals surface area contributed by atoms with Crippen LogP contribution in [0.25, 0.3) is 0 Å². The predicted molar refractivity (Wildman–Crippen MR) is 60.7 cm³/mol. The van der Waals surface area contributed by atoms with E-state index < -0.39 is 0 Å². The van der Waals surface area contributed by atoms with Crippen LogP contribution in [0.2, 0.25) is 0 Å². The lowest BCUT2D eigenvalue weighted by atomic mass is 10.3. The first kappa shape index (κ1) is 11.3. The Balaban J connectivity index is 1.90. The van der Waals surface area contributed by atoms with Crippen molar-refractivity contribution < 1.29 is 13.9 Å². The summed E-state index contributed by atoms with van der Waals surface area (Å²) in [6.07, 6.45) is 0. The molecule has 2 aromatic rings. The van der Waals surface area contributed by atoms with Crippen molar-refractivity contribution in [2.24, 2.45) is 0 Å². The molecule has 6 nitrogen and oxygen atoms in total. The van der Waals surface area contributed by atoms with Crippen LogP contribution in [0.3, 0.4) is 0 Å². The monoisotopic (exact) mass is 235 g/mol. The van der Waals surface area contributed by atoms with Gasteiger partial charge in [0, 0.05) is 0 Å². The summed E-state index contributed by atoms with van der Waals surface area (Å²) in [5.41, 5.74) is 5.29. The first-order chi connectivity index (χ1) is 8.28. The van der Waals surface area contributed by atoms with Gasteiger partial charge in [0.15, 0.2) is 6.61 Å². The molecule has 1 aromatic heterocycles. The van der Waals surface area contributed by atoms with E-state index in [1.54, 1.807) is 0 Å². The molecule has 0 saturated heterocycles. The average Bonchev–Trinajstić information content (AvgIpc) is 2.75. The van der Waals surface area contributed by atoms with Gasteiger partial charge in [0.1, 0.15) is 11.5 Å². The largest absolute Gasteiger partial charge is 0.494 e. The van der Waals surface area contributed by atoms with Gasteiger partial charge >= 0.3 is 6.01 Å². The third-order valence-electron chi connectivity index (χ3n) is 1.98. The number of nitrogen functional groups attached to an aromatic ring is 1. The lowest BCUT2D eigenvalue weighted by molar-refractivity contribution is 0.264. The minimum Gasteiger partial charge on any atom is -0.494 e. The molecule has 0 unspecified atom stereocenters. The van der Waals surface area contributed by atoms with Crippen LogP contribution >= 0.6 is 0 Å². The van der Waals surface area contributed by atoms with Crippen molar-refractivity contribution in [2.45, 2.75) is 13.5 Å². The molecular weight excluding hydrogens is 222 g/mol. The Hall–Kier alpha value is -2.24. The molecule has 1 aromatic carbocycles. The SMILES string of the molecule is CCOc1ccc(OCc2nnc(N)o2)cc1. The second-order valence-electron chi connectivity index (χ2n) is 3.23. The van der Waals surface area contributed by atoms with E-state index in [9.17, 15) is 0 Å². The standard InChI is InChI=1S/C11H13N3O3/c1-2-15-8-3-5-9(6-4-8)16-7-10-13-14-11(12)17-10/h3-6H,2,7H2,1H3,(H2,12,14). The van der Waals surface area contributed by atoms with Crippen LogP contribution in [0.4, 0.5) is 6.01 Å². The number of hydrogen-bond acceptors (Lipinski definition) is 6. The maximum absolute atomic E-state index is 5.43. The lowest BCUT2D eigenvalue weighted by Gasteiger charge is -2.05. The van der Waals surface area contributed by atoms with E-state index in [0.29, 0.717) is 18.2 Å². The van der Waals surface area contributed by atoms with Gasteiger partial charge in [-0.1, -0.05) is 5.10 Å². The van der Waals surface area contributed by atoms with Crippen molar-refractivity contribution in [3.05, 3.63) is 30.2 Å². The van der Waals surface area contributed by atoms with Crippen molar-refractivity contribution in [3.8, 4) is 11.5 Å². The summed E-state index contributed by atoms with van der Waals surface area (Å²) in [5.74, 6) is 1.85. The van der Waals surface area contributed by atoms with E-state index >= 15 is 0 Å². The maximum Gasteiger partial charge on any atom is 0.312 e. The summed E-state index contributed by atoms with van der Waals surface area (Å²) in [6, 6.07) is 7.33. The number of aromatic nitrogens is 2. The Morgan fingerprint density at radius 3 is 2.29 bits per heavy atom. The molecule has 0 amide bonds. The van der Waals surface area contributed by atoms with Gasteiger partial charge in [-0.25, -0.2) is 0 Å². The fourth-order valence-electron chi connectivity index (χ4n) is 1.27. The fourth-order valence-corrected chi connectivity index (χ4v) is 1.27. The molecule has 90 valence electrons. The zero-order valence-electron chi connectivity index (χ0n) is 9.42. The summed E-state index contributed by atoms with van der Waals surface area (Å²) >= 11 is 0. The highest BCUT2D eigenvalue weighted by molar-refractivity contribution is 5.31. The maximum atomic E-state index is 5.43. The van der Waals surface area contributed by atoms with Gasteiger partial charge in [0.25, 0.3) is 5.89 Å². The van der Waals surface area contributed by atoms with Crippen LogP contribution in [-0.4, -0.2) is 16.8 Å². The molecule has 6 heteroatoms. The molecule has 0 radical (unpaired) electrons. The summed E-state index contributed by atoms with van der Waals surface area (Å²) < 4.78 is 15.7. The van der Waals surface area contributed by atoms with Crippen LogP contribution in [0, 0.1) is 0 Å². The summed E-state index contributed by atoms with van der Waals surface area (Å²) in [4.78, 5) is 0. The number of benzene rings is 1. The molecule has 0 aliphatic carbocycles. The summed E-state index contributed by atoms with van der Waals surface area (Å²) in [6.45, 7) is 2.77. The second kappa shape index (κ2) is 5.20. The Labute approximate surface area is 98.4 Å². The van der Waals surface area contributed by atoms with E-state index in [1.807, 2.05) is 31.2 Å². The van der Waals surface area contributed by atoms with Crippen molar-refractivity contribution in [1.82, 2.24) is 10.2 Å². The zero-order valence-corrected chi connectivity index (χ0v) is 9.42. The summed E-state index contributed by atoms with van der Waals surface area (Å²) in [5, 5.41) is 7.21. The average molecular weight is 235 g/mol. The number of hydrogen-bond donors (Lipinski definition) is 1. The highest BCUT2D eigenvalue weighted by Gasteiger charge is 2.03. The van der Waals surface area contributed by atoms with Gasteiger partial charge < -0.3 is 19.6 Å². The number of ether oxygens (including phenoxy) is 2. The van der Waals surface area contributed by atoms with Crippen molar-refractivity contribution in [1.29, 1.82) is 0 Å². The normalized spacial score (nSPS) is 10.2. The van der Waals surface area contributed by atoms with Gasteiger partial charge in [0.2, 0.25) is 0 Å². The Morgan fingerprint density at radius 1 is 1.12 bits per heavy atom. The topological polar surface area (TPSA) is 83.4 Å². The van der Waals surface area contributed by atoms with E-state index in [2.05, 4.69) is 10.2 Å². The third-order valence-corrected chi connectivity index (χ3v) is 1.98. The molecule has 0 saturated carbocycles. The van der Waals surface area contributed by atoms with Crippen LogP contribution in [0.1, 0.15) is 12.8 Å². The van der Waals surface area contributed by atoms with Crippen LogP contribution in [0.15, 0.2) is 28.7 Å². The Morgan fingerprint density at radius 2 is 1.76 bits per heavy atom. The van der Waals surface area contributed by atoms with Gasteiger partial charge in [-0.05, 0) is 31.2 Å². The fraction of sp³-hybridized carbons (Fsp3) is 0.273. The predicted octanol–water partition coefficient (Wildman–Crippen LogP) is 1.63. The van der Waals surface area contributed by atoms with Crippen molar-refractivity contribution >= 4 is 6.01 Å². The smallest absolute Gasteiger partial charge is 0.312 e. The van der Waals surface area contributed by atoms with Crippen LogP contribution in [-0.2, 0) is 6.61 Å². The molecule has 1 heterocycles. The van der Waals surface area contributed by atoms with E-state index in [1.165, 1.54) is 0 Å². The molecule has 0 atom stereocenters. The van der Waals surface area contributed by atoms with Crippen molar-refractivity contribution in [3.63, 3.8) is 0 Å². The quantitative estimate of drug-likeness (QED) is 0.847. The molecule has 0 fully saturated rings. The Bertz CT molecular complexity index is 467. The van der Waals surface area contributed by atoms with E-state index in [4.69, 9.17) is 19.6 Å². The van der Waals surface area contributed by atoms with Gasteiger partial charge in [0.05, 0.1) is 6.61 Å². The Kier molecular flexibility index (Phi) is 3.44. The third kappa shape index (κ3) is 3.10. The molecule has 0 aliphatic rings. The molecule has 2 rings (SSSR count). The van der Waals surface area contributed by atoms with Crippen LogP contribution in [0.5, 0.6) is 11.5 Å². The minimum absolute atomic E-state index is 0.0373. The molecule has 2 N–H and O–H groups in total. The first-order valence-electron chi connectivity index (χ1n) is 5.21.